The van der Waals surface area contributed by atoms with E-state index in [2.05, 4.69) is 78.5 Å². The van der Waals surface area contributed by atoms with E-state index in [1.807, 2.05) is 43.5 Å². The van der Waals surface area contributed by atoms with Crippen molar-refractivity contribution in [2.75, 3.05) is 13.1 Å². The molecule has 0 aliphatic carbocycles. The highest BCUT2D eigenvalue weighted by atomic mass is 16.1. The summed E-state index contributed by atoms with van der Waals surface area (Å²) in [5.74, 6) is 1.10. The third-order valence-corrected chi connectivity index (χ3v) is 6.40. The van der Waals surface area contributed by atoms with E-state index in [1.165, 1.54) is 5.56 Å². The molecule has 0 radical (unpaired) electrons. The SMILES string of the molecule is C/C=C\C=C/C(C)C(C)CNCCCn1cc(C(=O)NCc2cccc(C)c2)c2ccccc21. The van der Waals surface area contributed by atoms with Gasteiger partial charge >= 0.3 is 0 Å². The number of benzene rings is 2. The van der Waals surface area contributed by atoms with E-state index in [9.17, 15) is 4.79 Å². The predicted octanol–water partition coefficient (Wildman–Crippen LogP) is 6.26. The van der Waals surface area contributed by atoms with Crippen molar-refractivity contribution in [3.8, 4) is 0 Å². The Kier molecular flexibility index (Phi) is 9.72. The van der Waals surface area contributed by atoms with Gasteiger partial charge in [0.15, 0.2) is 0 Å². The summed E-state index contributed by atoms with van der Waals surface area (Å²) < 4.78 is 2.21. The van der Waals surface area contributed by atoms with Gasteiger partial charge < -0.3 is 15.2 Å². The van der Waals surface area contributed by atoms with Crippen molar-refractivity contribution < 1.29 is 4.79 Å². The first kappa shape index (κ1) is 25.5. The van der Waals surface area contributed by atoms with Gasteiger partial charge in [0.25, 0.3) is 5.91 Å². The van der Waals surface area contributed by atoms with E-state index in [0.29, 0.717) is 18.4 Å². The summed E-state index contributed by atoms with van der Waals surface area (Å²) in [6.45, 7) is 12.0. The Morgan fingerprint density at radius 3 is 2.71 bits per heavy atom. The summed E-state index contributed by atoms with van der Waals surface area (Å²) in [4.78, 5) is 13.0. The van der Waals surface area contributed by atoms with Crippen molar-refractivity contribution in [1.29, 1.82) is 0 Å². The fourth-order valence-electron chi connectivity index (χ4n) is 4.14. The normalized spacial score (nSPS) is 13.6. The van der Waals surface area contributed by atoms with Crippen LogP contribution in [-0.2, 0) is 13.1 Å². The van der Waals surface area contributed by atoms with Gasteiger partial charge in [-0.3, -0.25) is 4.79 Å². The molecule has 0 bridgehead atoms. The molecule has 3 aromatic rings. The number of carbonyl (C=O) groups is 1. The molecule has 34 heavy (non-hydrogen) atoms. The molecule has 4 nitrogen and oxygen atoms in total. The molecule has 2 atom stereocenters. The molecule has 0 aliphatic rings. The van der Waals surface area contributed by atoms with Crippen LogP contribution in [0.5, 0.6) is 0 Å². The number of aryl methyl sites for hydroxylation is 2. The number of rotatable bonds is 12. The van der Waals surface area contributed by atoms with Crippen LogP contribution in [0.3, 0.4) is 0 Å². The minimum atomic E-state index is -0.0247. The number of hydrogen-bond acceptors (Lipinski definition) is 2. The molecular weight excluding hydrogens is 418 g/mol. The van der Waals surface area contributed by atoms with Crippen molar-refractivity contribution in [3.63, 3.8) is 0 Å². The molecule has 1 amide bonds. The van der Waals surface area contributed by atoms with Gasteiger partial charge in [0.2, 0.25) is 0 Å². The minimum Gasteiger partial charge on any atom is -0.348 e. The lowest BCUT2D eigenvalue weighted by Crippen LogP contribution is -2.26. The summed E-state index contributed by atoms with van der Waals surface area (Å²) in [7, 11) is 0. The lowest BCUT2D eigenvalue weighted by Gasteiger charge is -2.17. The largest absolute Gasteiger partial charge is 0.348 e. The van der Waals surface area contributed by atoms with Gasteiger partial charge in [0.1, 0.15) is 0 Å². The summed E-state index contributed by atoms with van der Waals surface area (Å²) in [5, 5.41) is 7.70. The molecule has 2 N–H and O–H groups in total. The van der Waals surface area contributed by atoms with Gasteiger partial charge in [0, 0.05) is 30.2 Å². The number of amides is 1. The van der Waals surface area contributed by atoms with Crippen LogP contribution in [0.1, 0.15) is 48.7 Å². The molecule has 180 valence electrons. The molecule has 0 aliphatic heterocycles. The summed E-state index contributed by atoms with van der Waals surface area (Å²) in [5.41, 5.74) is 4.17. The number of carbonyl (C=O) groups excluding carboxylic acids is 1. The Morgan fingerprint density at radius 1 is 1.09 bits per heavy atom. The van der Waals surface area contributed by atoms with Crippen molar-refractivity contribution in [3.05, 3.63) is 95.7 Å². The first-order valence-corrected chi connectivity index (χ1v) is 12.4. The first-order valence-electron chi connectivity index (χ1n) is 12.4. The zero-order chi connectivity index (χ0) is 24.3. The lowest BCUT2D eigenvalue weighted by molar-refractivity contribution is 0.0952. The van der Waals surface area contributed by atoms with Crippen LogP contribution < -0.4 is 10.6 Å². The maximum absolute atomic E-state index is 13.0. The highest BCUT2D eigenvalue weighted by Crippen LogP contribution is 2.22. The number of allylic oxidation sites excluding steroid dienone is 4. The fraction of sp³-hybridized carbons (Fsp3) is 0.367. The fourth-order valence-corrected chi connectivity index (χ4v) is 4.14. The number of hydrogen-bond donors (Lipinski definition) is 2. The smallest absolute Gasteiger partial charge is 0.253 e. The van der Waals surface area contributed by atoms with Crippen LogP contribution in [0.4, 0.5) is 0 Å². The Hall–Kier alpha value is -3.11. The Labute approximate surface area is 204 Å². The van der Waals surface area contributed by atoms with E-state index in [1.54, 1.807) is 0 Å². The van der Waals surface area contributed by atoms with Crippen molar-refractivity contribution in [2.45, 2.75) is 47.2 Å². The number of aromatic nitrogens is 1. The average molecular weight is 458 g/mol. The first-order chi connectivity index (χ1) is 16.5. The molecule has 0 saturated carbocycles. The molecule has 4 heteroatoms. The summed E-state index contributed by atoms with van der Waals surface area (Å²) in [6, 6.07) is 16.4. The molecular formula is C30H39N3O. The maximum Gasteiger partial charge on any atom is 0.253 e. The van der Waals surface area contributed by atoms with Crippen molar-refractivity contribution in [1.82, 2.24) is 15.2 Å². The standard InChI is InChI=1S/C30H39N3O/c1-5-6-7-13-24(3)25(4)20-31-17-11-18-33-22-28(27-15-8-9-16-29(27)33)30(34)32-21-26-14-10-12-23(2)19-26/h5-10,12-16,19,22,24-25,31H,11,17-18,20-21H2,1-4H3,(H,32,34)/b6-5-,13-7-. The van der Waals surface area contributed by atoms with Crippen LogP contribution in [-0.4, -0.2) is 23.6 Å². The van der Waals surface area contributed by atoms with Crippen LogP contribution in [0.2, 0.25) is 0 Å². The summed E-state index contributed by atoms with van der Waals surface area (Å²) in [6.07, 6.45) is 11.5. The molecule has 2 unspecified atom stereocenters. The molecule has 0 fully saturated rings. The lowest BCUT2D eigenvalue weighted by atomic mass is 9.95. The molecule has 0 spiro atoms. The highest BCUT2D eigenvalue weighted by molar-refractivity contribution is 6.07. The predicted molar refractivity (Wildman–Crippen MR) is 144 cm³/mol. The average Bonchev–Trinajstić information content (AvgIpc) is 3.21. The van der Waals surface area contributed by atoms with E-state index in [0.717, 1.165) is 48.1 Å². The third kappa shape index (κ3) is 7.19. The zero-order valence-corrected chi connectivity index (χ0v) is 21.1. The van der Waals surface area contributed by atoms with Gasteiger partial charge in [-0.2, -0.15) is 0 Å². The van der Waals surface area contributed by atoms with Crippen molar-refractivity contribution >= 4 is 16.8 Å². The molecule has 3 rings (SSSR count). The van der Waals surface area contributed by atoms with E-state index in [4.69, 9.17) is 0 Å². The second-order valence-corrected chi connectivity index (χ2v) is 9.23. The number of para-hydroxylation sites is 1. The quantitative estimate of drug-likeness (QED) is 0.249. The van der Waals surface area contributed by atoms with E-state index < -0.39 is 0 Å². The van der Waals surface area contributed by atoms with Crippen LogP contribution in [0, 0.1) is 18.8 Å². The highest BCUT2D eigenvalue weighted by Gasteiger charge is 2.15. The molecule has 1 aromatic heterocycles. The molecule has 1 heterocycles. The van der Waals surface area contributed by atoms with Gasteiger partial charge in [-0.25, -0.2) is 0 Å². The van der Waals surface area contributed by atoms with E-state index in [-0.39, 0.29) is 5.91 Å². The van der Waals surface area contributed by atoms with E-state index >= 15 is 0 Å². The van der Waals surface area contributed by atoms with Crippen molar-refractivity contribution in [2.24, 2.45) is 11.8 Å². The summed E-state index contributed by atoms with van der Waals surface area (Å²) >= 11 is 0. The number of fused-ring (bicyclic) bond motifs is 1. The second-order valence-electron chi connectivity index (χ2n) is 9.23. The van der Waals surface area contributed by atoms with Crippen LogP contribution >= 0.6 is 0 Å². The monoisotopic (exact) mass is 457 g/mol. The second kappa shape index (κ2) is 13.0. The topological polar surface area (TPSA) is 46.1 Å². The molecule has 0 saturated heterocycles. The Bertz CT molecular complexity index is 1130. The van der Waals surface area contributed by atoms with Crippen LogP contribution in [0.25, 0.3) is 10.9 Å². The van der Waals surface area contributed by atoms with Gasteiger partial charge in [-0.1, -0.05) is 86.2 Å². The number of nitrogens with one attached hydrogen (secondary N) is 2. The van der Waals surface area contributed by atoms with Gasteiger partial charge in [0.05, 0.1) is 5.56 Å². The third-order valence-electron chi connectivity index (χ3n) is 6.40. The number of nitrogens with zero attached hydrogens (tertiary/aromatic N) is 1. The minimum absolute atomic E-state index is 0.0247. The molecule has 2 aromatic carbocycles. The Morgan fingerprint density at radius 2 is 1.91 bits per heavy atom. The Balaban J connectivity index is 1.54. The van der Waals surface area contributed by atoms with Gasteiger partial charge in [-0.15, -0.1) is 0 Å². The van der Waals surface area contributed by atoms with Gasteiger partial charge in [-0.05, 0) is 56.8 Å². The maximum atomic E-state index is 13.0. The zero-order valence-electron chi connectivity index (χ0n) is 21.1. The van der Waals surface area contributed by atoms with Crippen LogP contribution in [0.15, 0.2) is 79.0 Å².